The van der Waals surface area contributed by atoms with Crippen molar-refractivity contribution in [1.82, 2.24) is 9.97 Å². The molecule has 0 saturated carbocycles. The van der Waals surface area contributed by atoms with Gasteiger partial charge in [-0.3, -0.25) is 9.69 Å². The largest absolute Gasteiger partial charge is 0.376 e. The first-order chi connectivity index (χ1) is 12.6. The second-order valence-corrected chi connectivity index (χ2v) is 7.79. The summed E-state index contributed by atoms with van der Waals surface area (Å²) < 4.78 is 6.76. The van der Waals surface area contributed by atoms with Crippen molar-refractivity contribution in [3.8, 4) is 0 Å². The lowest BCUT2D eigenvalue weighted by Crippen LogP contribution is -2.37. The van der Waals surface area contributed by atoms with E-state index in [2.05, 4.69) is 9.97 Å². The minimum Gasteiger partial charge on any atom is -0.376 e. The number of fused-ring (bicyclic) bond motifs is 1. The minimum atomic E-state index is -0.217. The number of halogens is 2. The Morgan fingerprint density at radius 2 is 2.19 bits per heavy atom. The van der Waals surface area contributed by atoms with Crippen molar-refractivity contribution in [2.75, 3.05) is 18.1 Å². The average Bonchev–Trinajstić information content (AvgIpc) is 3.30. The minimum absolute atomic E-state index is 0.00157. The number of rotatable bonds is 4. The van der Waals surface area contributed by atoms with Crippen LogP contribution in [0.25, 0.3) is 10.2 Å². The van der Waals surface area contributed by atoms with E-state index in [-0.39, 0.29) is 22.2 Å². The number of aromatic nitrogens is 2. The molecule has 1 saturated heterocycles. The summed E-state index contributed by atoms with van der Waals surface area (Å²) in [5, 5.41) is 1.06. The third-order valence-electron chi connectivity index (χ3n) is 4.21. The van der Waals surface area contributed by atoms with Gasteiger partial charge in [0.15, 0.2) is 5.13 Å². The van der Waals surface area contributed by atoms with Gasteiger partial charge in [-0.2, -0.15) is 0 Å². The number of hydrogen-bond acceptors (Lipinski definition) is 5. The third-order valence-corrected chi connectivity index (χ3v) is 5.96. The molecule has 1 fully saturated rings. The summed E-state index contributed by atoms with van der Waals surface area (Å²) in [4.78, 5) is 23.4. The highest BCUT2D eigenvalue weighted by Gasteiger charge is 2.27. The van der Waals surface area contributed by atoms with Gasteiger partial charge in [-0.25, -0.2) is 9.97 Å². The van der Waals surface area contributed by atoms with Gasteiger partial charge in [-0.15, -0.1) is 0 Å². The van der Waals surface area contributed by atoms with Crippen LogP contribution in [0.4, 0.5) is 5.13 Å². The van der Waals surface area contributed by atoms with Crippen LogP contribution < -0.4 is 4.90 Å². The monoisotopic (exact) mass is 407 g/mol. The molecule has 0 bridgehead atoms. The van der Waals surface area contributed by atoms with Crippen LogP contribution in [0, 0.1) is 0 Å². The highest BCUT2D eigenvalue weighted by molar-refractivity contribution is 7.22. The van der Waals surface area contributed by atoms with Crippen LogP contribution >= 0.6 is 34.5 Å². The van der Waals surface area contributed by atoms with Crippen LogP contribution in [-0.2, 0) is 4.74 Å². The number of amides is 1. The quantitative estimate of drug-likeness (QED) is 0.581. The molecule has 4 rings (SSSR count). The Morgan fingerprint density at radius 3 is 2.92 bits per heavy atom. The first-order valence-electron chi connectivity index (χ1n) is 8.22. The Bertz CT molecular complexity index is 924. The van der Waals surface area contributed by atoms with E-state index in [1.807, 2.05) is 24.3 Å². The van der Waals surface area contributed by atoms with E-state index in [0.29, 0.717) is 17.2 Å². The molecule has 0 spiro atoms. The molecule has 1 aliphatic rings. The summed E-state index contributed by atoms with van der Waals surface area (Å²) in [5.41, 5.74) is 1.24. The first kappa shape index (κ1) is 17.7. The number of benzene rings is 1. The van der Waals surface area contributed by atoms with E-state index in [0.717, 1.165) is 29.7 Å². The lowest BCUT2D eigenvalue weighted by molar-refractivity contribution is 0.0917. The van der Waals surface area contributed by atoms with Gasteiger partial charge in [-0.1, -0.05) is 46.7 Å². The van der Waals surface area contributed by atoms with Crippen LogP contribution in [0.1, 0.15) is 23.2 Å². The number of para-hydroxylation sites is 1. The number of nitrogens with zero attached hydrogens (tertiary/aromatic N) is 3. The van der Waals surface area contributed by atoms with Gasteiger partial charge in [0.25, 0.3) is 5.91 Å². The molecule has 0 aliphatic carbocycles. The lowest BCUT2D eigenvalue weighted by atomic mass is 10.2. The van der Waals surface area contributed by atoms with Crippen molar-refractivity contribution >= 4 is 55.8 Å². The zero-order valence-electron chi connectivity index (χ0n) is 13.7. The molecule has 3 aromatic rings. The fourth-order valence-corrected chi connectivity index (χ4v) is 4.15. The van der Waals surface area contributed by atoms with Crippen molar-refractivity contribution in [3.05, 3.63) is 52.3 Å². The van der Waals surface area contributed by atoms with Crippen LogP contribution in [0.5, 0.6) is 0 Å². The van der Waals surface area contributed by atoms with Gasteiger partial charge in [-0.05, 0) is 31.0 Å². The van der Waals surface area contributed by atoms with Gasteiger partial charge >= 0.3 is 0 Å². The topological polar surface area (TPSA) is 55.3 Å². The molecule has 1 aliphatic heterocycles. The van der Waals surface area contributed by atoms with Crippen molar-refractivity contribution < 1.29 is 9.53 Å². The predicted molar refractivity (Wildman–Crippen MR) is 105 cm³/mol. The van der Waals surface area contributed by atoms with Crippen LogP contribution in [-0.4, -0.2) is 35.1 Å². The molecule has 0 radical (unpaired) electrons. The fourth-order valence-electron chi connectivity index (χ4n) is 2.91. The molecule has 5 nitrogen and oxygen atoms in total. The molecular formula is C18H15Cl2N3O2S. The lowest BCUT2D eigenvalue weighted by Gasteiger charge is -2.23. The third kappa shape index (κ3) is 3.55. The Hall–Kier alpha value is -1.73. The van der Waals surface area contributed by atoms with E-state index in [1.165, 1.54) is 23.6 Å². The molecule has 134 valence electrons. The Balaban J connectivity index is 1.71. The number of pyridine rings is 1. The maximum absolute atomic E-state index is 13.2. The predicted octanol–water partition coefficient (Wildman–Crippen LogP) is 4.82. The molecule has 0 N–H and O–H groups in total. The van der Waals surface area contributed by atoms with E-state index in [9.17, 15) is 4.79 Å². The number of anilines is 1. The zero-order chi connectivity index (χ0) is 18.1. The van der Waals surface area contributed by atoms with Crippen molar-refractivity contribution in [1.29, 1.82) is 0 Å². The Labute approximate surface area is 164 Å². The van der Waals surface area contributed by atoms with Crippen LogP contribution in [0.15, 0.2) is 36.5 Å². The number of ether oxygens (including phenoxy) is 1. The normalized spacial score (nSPS) is 16.9. The Kier molecular flexibility index (Phi) is 5.09. The van der Waals surface area contributed by atoms with E-state index < -0.39 is 0 Å². The van der Waals surface area contributed by atoms with Gasteiger partial charge < -0.3 is 4.74 Å². The molecule has 1 unspecified atom stereocenters. The van der Waals surface area contributed by atoms with E-state index in [4.69, 9.17) is 27.9 Å². The number of thiazole rings is 1. The number of carbonyl (C=O) groups excluding carboxylic acids is 1. The van der Waals surface area contributed by atoms with Crippen LogP contribution in [0.3, 0.4) is 0 Å². The zero-order valence-corrected chi connectivity index (χ0v) is 16.0. The summed E-state index contributed by atoms with van der Waals surface area (Å²) in [6.07, 6.45) is 3.36. The van der Waals surface area contributed by atoms with Crippen molar-refractivity contribution in [2.24, 2.45) is 0 Å². The van der Waals surface area contributed by atoms with Crippen molar-refractivity contribution in [2.45, 2.75) is 18.9 Å². The second kappa shape index (κ2) is 7.48. The summed E-state index contributed by atoms with van der Waals surface area (Å²) in [7, 11) is 0. The highest BCUT2D eigenvalue weighted by Crippen LogP contribution is 2.31. The average molecular weight is 408 g/mol. The highest BCUT2D eigenvalue weighted by atomic mass is 35.5. The summed E-state index contributed by atoms with van der Waals surface area (Å²) >= 11 is 13.4. The molecule has 3 heterocycles. The van der Waals surface area contributed by atoms with Gasteiger partial charge in [0, 0.05) is 12.8 Å². The SMILES string of the molecule is O=C(c1cnc(Cl)c(Cl)c1)N(CC1CCCO1)c1nc2ccccc2s1. The summed E-state index contributed by atoms with van der Waals surface area (Å²) in [5.74, 6) is -0.217. The van der Waals surface area contributed by atoms with E-state index >= 15 is 0 Å². The number of hydrogen-bond donors (Lipinski definition) is 0. The molecule has 26 heavy (non-hydrogen) atoms. The van der Waals surface area contributed by atoms with Gasteiger partial charge in [0.2, 0.25) is 0 Å². The molecular weight excluding hydrogens is 393 g/mol. The smallest absolute Gasteiger partial charge is 0.261 e. The van der Waals surface area contributed by atoms with Gasteiger partial charge in [0.1, 0.15) is 5.15 Å². The summed E-state index contributed by atoms with van der Waals surface area (Å²) in [6.45, 7) is 1.17. The maximum Gasteiger partial charge on any atom is 0.261 e. The number of carbonyl (C=O) groups is 1. The van der Waals surface area contributed by atoms with E-state index in [1.54, 1.807) is 4.90 Å². The summed E-state index contributed by atoms with van der Waals surface area (Å²) in [6, 6.07) is 9.35. The first-order valence-corrected chi connectivity index (χ1v) is 9.79. The molecule has 8 heteroatoms. The fraction of sp³-hybridized carbons (Fsp3) is 0.278. The van der Waals surface area contributed by atoms with Crippen molar-refractivity contribution in [3.63, 3.8) is 0 Å². The van der Waals surface area contributed by atoms with Crippen LogP contribution in [0.2, 0.25) is 10.2 Å². The maximum atomic E-state index is 13.2. The molecule has 1 amide bonds. The second-order valence-electron chi connectivity index (χ2n) is 6.01. The molecule has 1 aromatic carbocycles. The molecule has 1 atom stereocenters. The van der Waals surface area contributed by atoms with Gasteiger partial charge in [0.05, 0.1) is 33.5 Å². The standard InChI is InChI=1S/C18H15Cl2N3O2S/c19-13-8-11(9-21-16(13)20)17(24)23(10-12-4-3-7-25-12)18-22-14-5-1-2-6-15(14)26-18/h1-2,5-6,8-9,12H,3-4,7,10H2. The Morgan fingerprint density at radius 1 is 1.35 bits per heavy atom. The molecule has 2 aromatic heterocycles.